The average molecular weight is 279 g/mol. The number of benzene rings is 1. The minimum absolute atomic E-state index is 0.193. The lowest BCUT2D eigenvalue weighted by Crippen LogP contribution is -2.32. The topological polar surface area (TPSA) is 88.0 Å². The standard InChI is InChI=1S/C13H17N3O2S/c1-3-4-9(2)16-19(17,18)13-8-15-12-7-10(14)5-6-11(12)13/h3,5-9,15-16H,1,4,14H2,2H3. The van der Waals surface area contributed by atoms with Crippen molar-refractivity contribution in [2.45, 2.75) is 24.3 Å². The van der Waals surface area contributed by atoms with Crippen molar-refractivity contribution in [1.29, 1.82) is 0 Å². The molecule has 1 aromatic carbocycles. The molecule has 102 valence electrons. The number of aromatic amines is 1. The lowest BCUT2D eigenvalue weighted by atomic mass is 10.2. The Hall–Kier alpha value is -1.79. The monoisotopic (exact) mass is 279 g/mol. The first-order valence-electron chi connectivity index (χ1n) is 5.94. The van der Waals surface area contributed by atoms with Crippen molar-refractivity contribution in [2.75, 3.05) is 5.73 Å². The molecular formula is C13H17N3O2S. The van der Waals surface area contributed by atoms with E-state index in [1.165, 1.54) is 6.20 Å². The Morgan fingerprint density at radius 3 is 2.95 bits per heavy atom. The van der Waals surface area contributed by atoms with Gasteiger partial charge in [-0.3, -0.25) is 0 Å². The van der Waals surface area contributed by atoms with Crippen LogP contribution in [0.4, 0.5) is 5.69 Å². The van der Waals surface area contributed by atoms with Crippen molar-refractivity contribution in [1.82, 2.24) is 9.71 Å². The van der Waals surface area contributed by atoms with E-state index in [1.807, 2.05) is 0 Å². The second kappa shape index (κ2) is 5.07. The zero-order valence-corrected chi connectivity index (χ0v) is 11.5. The van der Waals surface area contributed by atoms with Gasteiger partial charge >= 0.3 is 0 Å². The number of aromatic nitrogens is 1. The van der Waals surface area contributed by atoms with Crippen LogP contribution in [0.25, 0.3) is 10.9 Å². The molecule has 19 heavy (non-hydrogen) atoms. The molecule has 1 unspecified atom stereocenters. The van der Waals surface area contributed by atoms with Crippen LogP contribution in [0, 0.1) is 0 Å². The molecule has 0 bridgehead atoms. The van der Waals surface area contributed by atoms with E-state index in [-0.39, 0.29) is 10.9 Å². The molecule has 5 nitrogen and oxygen atoms in total. The molecule has 6 heteroatoms. The summed E-state index contributed by atoms with van der Waals surface area (Å²) in [5, 5.41) is 0.632. The molecule has 0 aliphatic rings. The van der Waals surface area contributed by atoms with Gasteiger partial charge in [-0.1, -0.05) is 6.08 Å². The van der Waals surface area contributed by atoms with E-state index in [9.17, 15) is 8.42 Å². The summed E-state index contributed by atoms with van der Waals surface area (Å²) in [6, 6.07) is 4.90. The lowest BCUT2D eigenvalue weighted by molar-refractivity contribution is 0.563. The lowest BCUT2D eigenvalue weighted by Gasteiger charge is -2.11. The first-order valence-corrected chi connectivity index (χ1v) is 7.42. The van der Waals surface area contributed by atoms with E-state index < -0.39 is 10.0 Å². The number of sulfonamides is 1. The highest BCUT2D eigenvalue weighted by Gasteiger charge is 2.20. The van der Waals surface area contributed by atoms with Crippen LogP contribution < -0.4 is 10.5 Å². The largest absolute Gasteiger partial charge is 0.399 e. The van der Waals surface area contributed by atoms with E-state index in [2.05, 4.69) is 16.3 Å². The SMILES string of the molecule is C=CCC(C)NS(=O)(=O)c1c[nH]c2cc(N)ccc12. The van der Waals surface area contributed by atoms with Crippen LogP contribution >= 0.6 is 0 Å². The van der Waals surface area contributed by atoms with Gasteiger partial charge in [-0.2, -0.15) is 0 Å². The summed E-state index contributed by atoms with van der Waals surface area (Å²) < 4.78 is 27.2. The van der Waals surface area contributed by atoms with Crippen LogP contribution in [-0.2, 0) is 10.0 Å². The Kier molecular flexibility index (Phi) is 3.64. The van der Waals surface area contributed by atoms with Crippen LogP contribution in [0.2, 0.25) is 0 Å². The summed E-state index contributed by atoms with van der Waals surface area (Å²) >= 11 is 0. The highest BCUT2D eigenvalue weighted by molar-refractivity contribution is 7.89. The number of hydrogen-bond acceptors (Lipinski definition) is 3. The summed E-state index contributed by atoms with van der Waals surface area (Å²) in [6.07, 6.45) is 3.74. The van der Waals surface area contributed by atoms with Crippen molar-refractivity contribution in [2.24, 2.45) is 0 Å². The fourth-order valence-corrected chi connectivity index (χ4v) is 3.40. The number of nitrogens with one attached hydrogen (secondary N) is 2. The maximum absolute atomic E-state index is 12.3. The van der Waals surface area contributed by atoms with Gasteiger partial charge < -0.3 is 10.7 Å². The minimum atomic E-state index is -3.55. The van der Waals surface area contributed by atoms with Crippen molar-refractivity contribution >= 4 is 26.6 Å². The number of hydrogen-bond donors (Lipinski definition) is 3. The maximum atomic E-state index is 12.3. The average Bonchev–Trinajstić information content (AvgIpc) is 2.71. The number of fused-ring (bicyclic) bond motifs is 1. The van der Waals surface area contributed by atoms with Gasteiger partial charge in [-0.25, -0.2) is 13.1 Å². The molecule has 0 radical (unpaired) electrons. The first kappa shape index (κ1) is 13.6. The Morgan fingerprint density at radius 2 is 2.26 bits per heavy atom. The van der Waals surface area contributed by atoms with Gasteiger partial charge in [0.1, 0.15) is 4.90 Å². The fraction of sp³-hybridized carbons (Fsp3) is 0.231. The Labute approximate surface area is 112 Å². The molecule has 1 heterocycles. The van der Waals surface area contributed by atoms with Gasteiger partial charge in [0.05, 0.1) is 0 Å². The Balaban J connectivity index is 2.40. The molecule has 0 amide bonds. The molecule has 0 aliphatic carbocycles. The number of anilines is 1. The molecule has 0 fully saturated rings. The van der Waals surface area contributed by atoms with Crippen LogP contribution in [0.5, 0.6) is 0 Å². The summed E-state index contributed by atoms with van der Waals surface area (Å²) in [4.78, 5) is 3.16. The Bertz CT molecular complexity index is 704. The smallest absolute Gasteiger partial charge is 0.242 e. The van der Waals surface area contributed by atoms with E-state index >= 15 is 0 Å². The van der Waals surface area contributed by atoms with Crippen LogP contribution in [0.15, 0.2) is 41.9 Å². The van der Waals surface area contributed by atoms with E-state index in [1.54, 1.807) is 31.2 Å². The summed E-state index contributed by atoms with van der Waals surface area (Å²) in [6.45, 7) is 5.40. The van der Waals surface area contributed by atoms with Gasteiger partial charge in [0, 0.05) is 28.8 Å². The highest BCUT2D eigenvalue weighted by atomic mass is 32.2. The second-order valence-electron chi connectivity index (χ2n) is 4.50. The molecular weight excluding hydrogens is 262 g/mol. The quantitative estimate of drug-likeness (QED) is 0.577. The molecule has 2 rings (SSSR count). The third-order valence-electron chi connectivity index (χ3n) is 2.83. The van der Waals surface area contributed by atoms with E-state index in [0.29, 0.717) is 23.0 Å². The molecule has 0 spiro atoms. The van der Waals surface area contributed by atoms with Gasteiger partial charge in [0.25, 0.3) is 0 Å². The predicted molar refractivity (Wildman–Crippen MR) is 77.3 cm³/mol. The summed E-state index contributed by atoms with van der Waals surface area (Å²) in [7, 11) is -3.55. The predicted octanol–water partition coefficient (Wildman–Crippen LogP) is 1.99. The molecule has 2 aromatic rings. The number of nitrogen functional groups attached to an aromatic ring is 1. The zero-order valence-electron chi connectivity index (χ0n) is 10.7. The number of H-pyrrole nitrogens is 1. The van der Waals surface area contributed by atoms with Crippen LogP contribution in [0.1, 0.15) is 13.3 Å². The van der Waals surface area contributed by atoms with Gasteiger partial charge in [0.2, 0.25) is 10.0 Å². The molecule has 0 aliphatic heterocycles. The third-order valence-corrected chi connectivity index (χ3v) is 4.46. The molecule has 1 atom stereocenters. The summed E-state index contributed by atoms with van der Waals surface area (Å²) in [5.74, 6) is 0. The van der Waals surface area contributed by atoms with Gasteiger partial charge in [0.15, 0.2) is 0 Å². The van der Waals surface area contributed by atoms with E-state index in [0.717, 1.165) is 0 Å². The van der Waals surface area contributed by atoms with Gasteiger partial charge in [-0.05, 0) is 31.5 Å². The van der Waals surface area contributed by atoms with Crippen LogP contribution in [-0.4, -0.2) is 19.4 Å². The van der Waals surface area contributed by atoms with Gasteiger partial charge in [-0.15, -0.1) is 6.58 Å². The van der Waals surface area contributed by atoms with Crippen molar-refractivity contribution in [3.05, 3.63) is 37.1 Å². The second-order valence-corrected chi connectivity index (χ2v) is 6.19. The maximum Gasteiger partial charge on any atom is 0.242 e. The molecule has 1 aromatic heterocycles. The molecule has 0 saturated carbocycles. The summed E-state index contributed by atoms with van der Waals surface area (Å²) in [5.41, 5.74) is 6.96. The number of rotatable bonds is 5. The first-order chi connectivity index (χ1) is 8.94. The highest BCUT2D eigenvalue weighted by Crippen LogP contribution is 2.24. The van der Waals surface area contributed by atoms with Crippen LogP contribution in [0.3, 0.4) is 0 Å². The zero-order chi connectivity index (χ0) is 14.0. The fourth-order valence-electron chi connectivity index (χ4n) is 1.97. The normalized spacial score (nSPS) is 13.5. The number of nitrogens with two attached hydrogens (primary N) is 1. The molecule has 0 saturated heterocycles. The third kappa shape index (κ3) is 2.80. The van der Waals surface area contributed by atoms with Crippen molar-refractivity contribution in [3.63, 3.8) is 0 Å². The van der Waals surface area contributed by atoms with E-state index in [4.69, 9.17) is 5.73 Å². The minimum Gasteiger partial charge on any atom is -0.399 e. The van der Waals surface area contributed by atoms with Crippen molar-refractivity contribution in [3.8, 4) is 0 Å². The Morgan fingerprint density at radius 1 is 1.53 bits per heavy atom. The molecule has 4 N–H and O–H groups in total. The van der Waals surface area contributed by atoms with Crippen molar-refractivity contribution < 1.29 is 8.42 Å².